The SMILES string of the molecule is CCC(C)NCC(C)N1CCC2C(CCCN2C)C1. The maximum atomic E-state index is 3.66. The standard InChI is InChI=1S/C16H33N3/c1-5-13(2)17-11-14(3)19-10-8-16-15(12-19)7-6-9-18(16)4/h13-17H,5-12H2,1-4H3. The van der Waals surface area contributed by atoms with Gasteiger partial charge in [-0.15, -0.1) is 0 Å². The fraction of sp³-hybridized carbons (Fsp3) is 1.00. The fourth-order valence-electron chi connectivity index (χ4n) is 3.73. The van der Waals surface area contributed by atoms with Gasteiger partial charge < -0.3 is 10.2 Å². The molecule has 4 atom stereocenters. The van der Waals surface area contributed by atoms with Crippen LogP contribution >= 0.6 is 0 Å². The predicted molar refractivity (Wildman–Crippen MR) is 82.5 cm³/mol. The van der Waals surface area contributed by atoms with E-state index in [4.69, 9.17) is 0 Å². The Kier molecular flexibility index (Phi) is 5.67. The quantitative estimate of drug-likeness (QED) is 0.824. The summed E-state index contributed by atoms with van der Waals surface area (Å²) < 4.78 is 0. The van der Waals surface area contributed by atoms with Gasteiger partial charge >= 0.3 is 0 Å². The second kappa shape index (κ2) is 7.05. The molecule has 0 bridgehead atoms. The monoisotopic (exact) mass is 267 g/mol. The van der Waals surface area contributed by atoms with Crippen LogP contribution in [0.4, 0.5) is 0 Å². The normalized spacial score (nSPS) is 32.8. The van der Waals surface area contributed by atoms with Crippen LogP contribution in [-0.2, 0) is 0 Å². The Morgan fingerprint density at radius 2 is 2.00 bits per heavy atom. The van der Waals surface area contributed by atoms with Crippen LogP contribution in [0.5, 0.6) is 0 Å². The Morgan fingerprint density at radius 1 is 1.21 bits per heavy atom. The Balaban J connectivity index is 1.79. The molecule has 0 aliphatic carbocycles. The predicted octanol–water partition coefficient (Wildman–Crippen LogP) is 2.18. The number of nitrogens with zero attached hydrogens (tertiary/aromatic N) is 2. The van der Waals surface area contributed by atoms with Gasteiger partial charge in [-0.25, -0.2) is 0 Å². The number of piperidine rings is 2. The van der Waals surface area contributed by atoms with Crippen LogP contribution in [-0.4, -0.2) is 61.2 Å². The lowest BCUT2D eigenvalue weighted by Crippen LogP contribution is -2.55. The molecule has 2 heterocycles. The van der Waals surface area contributed by atoms with Crippen molar-refractivity contribution in [2.75, 3.05) is 33.2 Å². The van der Waals surface area contributed by atoms with Gasteiger partial charge in [0.15, 0.2) is 0 Å². The highest BCUT2D eigenvalue weighted by molar-refractivity contribution is 4.90. The third kappa shape index (κ3) is 3.93. The molecular formula is C16H33N3. The van der Waals surface area contributed by atoms with Crippen LogP contribution in [0.2, 0.25) is 0 Å². The van der Waals surface area contributed by atoms with E-state index in [9.17, 15) is 0 Å². The Morgan fingerprint density at radius 3 is 2.74 bits per heavy atom. The van der Waals surface area contributed by atoms with Crippen molar-refractivity contribution < 1.29 is 0 Å². The first kappa shape index (κ1) is 15.3. The maximum absolute atomic E-state index is 3.66. The van der Waals surface area contributed by atoms with Crippen LogP contribution in [0, 0.1) is 5.92 Å². The van der Waals surface area contributed by atoms with Crippen LogP contribution < -0.4 is 5.32 Å². The van der Waals surface area contributed by atoms with Gasteiger partial charge in [0.2, 0.25) is 0 Å². The third-order valence-corrected chi connectivity index (χ3v) is 5.37. The molecule has 2 fully saturated rings. The summed E-state index contributed by atoms with van der Waals surface area (Å²) in [5.74, 6) is 0.915. The summed E-state index contributed by atoms with van der Waals surface area (Å²) in [7, 11) is 2.32. The zero-order valence-electron chi connectivity index (χ0n) is 13.4. The molecule has 0 amide bonds. The molecule has 0 radical (unpaired) electrons. The van der Waals surface area contributed by atoms with Crippen molar-refractivity contribution >= 4 is 0 Å². The highest BCUT2D eigenvalue weighted by Gasteiger charge is 2.35. The van der Waals surface area contributed by atoms with Crippen LogP contribution in [0.3, 0.4) is 0 Å². The third-order valence-electron chi connectivity index (χ3n) is 5.37. The highest BCUT2D eigenvalue weighted by atomic mass is 15.2. The molecule has 1 N–H and O–H groups in total. The topological polar surface area (TPSA) is 18.5 Å². The van der Waals surface area contributed by atoms with E-state index in [1.807, 2.05) is 0 Å². The molecule has 2 rings (SSSR count). The summed E-state index contributed by atoms with van der Waals surface area (Å²) in [5, 5.41) is 3.66. The lowest BCUT2D eigenvalue weighted by Gasteiger charge is -2.47. The zero-order valence-corrected chi connectivity index (χ0v) is 13.4. The molecule has 112 valence electrons. The van der Waals surface area contributed by atoms with Crippen molar-refractivity contribution in [1.29, 1.82) is 0 Å². The number of likely N-dealkylation sites (tertiary alicyclic amines) is 2. The molecule has 4 unspecified atom stereocenters. The number of fused-ring (bicyclic) bond motifs is 1. The zero-order chi connectivity index (χ0) is 13.8. The van der Waals surface area contributed by atoms with E-state index in [0.717, 1.165) is 18.5 Å². The minimum atomic E-state index is 0.654. The number of rotatable bonds is 5. The molecule has 2 saturated heterocycles. The van der Waals surface area contributed by atoms with Crippen molar-refractivity contribution in [3.63, 3.8) is 0 Å². The van der Waals surface area contributed by atoms with Gasteiger partial charge in [-0.05, 0) is 65.6 Å². The van der Waals surface area contributed by atoms with E-state index in [0.29, 0.717) is 12.1 Å². The van der Waals surface area contributed by atoms with Crippen LogP contribution in [0.15, 0.2) is 0 Å². The average Bonchev–Trinajstić information content (AvgIpc) is 2.44. The summed E-state index contributed by atoms with van der Waals surface area (Å²) in [5.41, 5.74) is 0. The summed E-state index contributed by atoms with van der Waals surface area (Å²) in [6.07, 6.45) is 5.43. The van der Waals surface area contributed by atoms with E-state index in [1.54, 1.807) is 0 Å². The summed E-state index contributed by atoms with van der Waals surface area (Å²) in [6, 6.07) is 2.20. The van der Waals surface area contributed by atoms with Crippen molar-refractivity contribution in [2.24, 2.45) is 5.92 Å². The van der Waals surface area contributed by atoms with Crippen LogP contribution in [0.1, 0.15) is 46.5 Å². The minimum Gasteiger partial charge on any atom is -0.313 e. The van der Waals surface area contributed by atoms with Gasteiger partial charge in [-0.2, -0.15) is 0 Å². The average molecular weight is 267 g/mol. The Bertz CT molecular complexity index is 269. The van der Waals surface area contributed by atoms with Gasteiger partial charge in [0, 0.05) is 31.2 Å². The molecular weight excluding hydrogens is 234 g/mol. The molecule has 19 heavy (non-hydrogen) atoms. The van der Waals surface area contributed by atoms with Gasteiger partial charge in [0.1, 0.15) is 0 Å². The Hall–Kier alpha value is -0.120. The first-order chi connectivity index (χ1) is 9.11. The first-order valence-electron chi connectivity index (χ1n) is 8.29. The molecule has 0 aromatic carbocycles. The largest absolute Gasteiger partial charge is 0.313 e. The second-order valence-corrected chi connectivity index (χ2v) is 6.80. The van der Waals surface area contributed by atoms with Crippen molar-refractivity contribution in [3.05, 3.63) is 0 Å². The number of hydrogen-bond acceptors (Lipinski definition) is 3. The molecule has 3 heteroatoms. The van der Waals surface area contributed by atoms with E-state index in [1.165, 1.54) is 45.3 Å². The van der Waals surface area contributed by atoms with E-state index in [2.05, 4.69) is 42.9 Å². The maximum Gasteiger partial charge on any atom is 0.0192 e. The highest BCUT2D eigenvalue weighted by Crippen LogP contribution is 2.30. The van der Waals surface area contributed by atoms with Gasteiger partial charge in [-0.3, -0.25) is 4.90 Å². The van der Waals surface area contributed by atoms with Crippen molar-refractivity contribution in [3.8, 4) is 0 Å². The van der Waals surface area contributed by atoms with E-state index < -0.39 is 0 Å². The fourth-order valence-corrected chi connectivity index (χ4v) is 3.73. The smallest absolute Gasteiger partial charge is 0.0192 e. The molecule has 0 saturated carbocycles. The van der Waals surface area contributed by atoms with Crippen LogP contribution in [0.25, 0.3) is 0 Å². The molecule has 0 aromatic rings. The lowest BCUT2D eigenvalue weighted by atomic mass is 9.84. The molecule has 3 nitrogen and oxygen atoms in total. The summed E-state index contributed by atoms with van der Waals surface area (Å²) in [4.78, 5) is 5.32. The van der Waals surface area contributed by atoms with Gasteiger partial charge in [0.25, 0.3) is 0 Å². The van der Waals surface area contributed by atoms with E-state index >= 15 is 0 Å². The molecule has 0 spiro atoms. The van der Waals surface area contributed by atoms with Crippen molar-refractivity contribution in [2.45, 2.75) is 64.6 Å². The molecule has 2 aliphatic rings. The second-order valence-electron chi connectivity index (χ2n) is 6.80. The lowest BCUT2D eigenvalue weighted by molar-refractivity contribution is 0.0230. The summed E-state index contributed by atoms with van der Waals surface area (Å²) in [6.45, 7) is 12.0. The first-order valence-corrected chi connectivity index (χ1v) is 8.29. The van der Waals surface area contributed by atoms with Gasteiger partial charge in [-0.1, -0.05) is 6.92 Å². The molecule has 2 aliphatic heterocycles. The summed E-state index contributed by atoms with van der Waals surface area (Å²) >= 11 is 0. The number of nitrogens with one attached hydrogen (secondary N) is 1. The Labute approximate surface area is 119 Å². The van der Waals surface area contributed by atoms with Gasteiger partial charge in [0.05, 0.1) is 0 Å². The number of hydrogen-bond donors (Lipinski definition) is 1. The van der Waals surface area contributed by atoms with Crippen molar-refractivity contribution in [1.82, 2.24) is 15.1 Å². The van der Waals surface area contributed by atoms with E-state index in [-0.39, 0.29) is 0 Å². The molecule has 0 aromatic heterocycles. The minimum absolute atomic E-state index is 0.654.